The molecule has 0 spiro atoms. The number of nitrogens with two attached hydrogens (primary N) is 1. The zero-order valence-electron chi connectivity index (χ0n) is 11.2. The number of nitrogens with zero attached hydrogens (tertiary/aromatic N) is 2. The first-order chi connectivity index (χ1) is 10.6. The summed E-state index contributed by atoms with van der Waals surface area (Å²) in [4.78, 5) is 16.3. The van der Waals surface area contributed by atoms with Gasteiger partial charge in [0, 0.05) is 16.5 Å². The molecule has 0 radical (unpaired) electrons. The van der Waals surface area contributed by atoms with Gasteiger partial charge in [0.2, 0.25) is 0 Å². The largest absolute Gasteiger partial charge is 0.457 e. The van der Waals surface area contributed by atoms with Crippen molar-refractivity contribution in [3.05, 3.63) is 50.9 Å². The molecule has 0 fully saturated rings. The van der Waals surface area contributed by atoms with Crippen molar-refractivity contribution in [1.29, 1.82) is 0 Å². The maximum atomic E-state index is 12.2. The number of anilines is 1. The summed E-state index contributed by atoms with van der Waals surface area (Å²) >= 11 is 4.77. The molecule has 3 rings (SSSR count). The van der Waals surface area contributed by atoms with E-state index in [2.05, 4.69) is 31.1 Å². The van der Waals surface area contributed by atoms with Gasteiger partial charge in [-0.05, 0) is 39.5 Å². The monoisotopic (exact) mass is 378 g/mol. The van der Waals surface area contributed by atoms with Crippen LogP contribution in [0.15, 0.2) is 39.8 Å². The second kappa shape index (κ2) is 6.29. The van der Waals surface area contributed by atoms with E-state index in [0.717, 1.165) is 5.56 Å². The molecule has 3 N–H and O–H groups in total. The van der Waals surface area contributed by atoms with Crippen LogP contribution >= 0.6 is 27.3 Å². The van der Waals surface area contributed by atoms with Gasteiger partial charge in [-0.15, -0.1) is 0 Å². The van der Waals surface area contributed by atoms with Gasteiger partial charge in [-0.1, -0.05) is 0 Å². The Morgan fingerprint density at radius 3 is 3.00 bits per heavy atom. The number of carbonyl (C=O) groups excluding carboxylic acids is 1. The molecule has 0 aliphatic carbocycles. The fourth-order valence-corrected chi connectivity index (χ4v) is 2.86. The number of aromatic amines is 1. The molecular formula is C14H11BrN4O2S. The van der Waals surface area contributed by atoms with Crippen molar-refractivity contribution < 1.29 is 9.53 Å². The van der Waals surface area contributed by atoms with Gasteiger partial charge in [0.05, 0.1) is 11.9 Å². The van der Waals surface area contributed by atoms with E-state index >= 15 is 0 Å². The van der Waals surface area contributed by atoms with Crippen molar-refractivity contribution in [2.24, 2.45) is 0 Å². The highest BCUT2D eigenvalue weighted by Gasteiger charge is 2.17. The van der Waals surface area contributed by atoms with Crippen molar-refractivity contribution >= 4 is 39.1 Å². The van der Waals surface area contributed by atoms with Gasteiger partial charge < -0.3 is 10.5 Å². The van der Waals surface area contributed by atoms with Crippen molar-refractivity contribution in [1.82, 2.24) is 15.2 Å². The average molecular weight is 379 g/mol. The molecule has 0 aliphatic rings. The lowest BCUT2D eigenvalue weighted by atomic mass is 10.1. The molecule has 0 unspecified atom stereocenters. The van der Waals surface area contributed by atoms with E-state index in [1.807, 2.05) is 16.8 Å². The minimum Gasteiger partial charge on any atom is -0.457 e. The van der Waals surface area contributed by atoms with Crippen LogP contribution < -0.4 is 5.73 Å². The maximum absolute atomic E-state index is 12.2. The Morgan fingerprint density at radius 2 is 2.27 bits per heavy atom. The number of hydrogen-bond acceptors (Lipinski definition) is 6. The molecule has 3 aromatic rings. The first kappa shape index (κ1) is 14.7. The number of ether oxygens (including phenoxy) is 1. The highest BCUT2D eigenvalue weighted by molar-refractivity contribution is 9.10. The zero-order chi connectivity index (χ0) is 15.5. The van der Waals surface area contributed by atoms with Gasteiger partial charge >= 0.3 is 5.97 Å². The first-order valence-electron chi connectivity index (χ1n) is 6.29. The molecule has 0 atom stereocenters. The second-order valence-electron chi connectivity index (χ2n) is 4.43. The Morgan fingerprint density at radius 1 is 1.41 bits per heavy atom. The summed E-state index contributed by atoms with van der Waals surface area (Å²) in [5, 5.41) is 10.6. The highest BCUT2D eigenvalue weighted by atomic mass is 79.9. The van der Waals surface area contributed by atoms with Crippen LogP contribution in [-0.4, -0.2) is 21.2 Å². The van der Waals surface area contributed by atoms with E-state index in [9.17, 15) is 4.79 Å². The Kier molecular flexibility index (Phi) is 4.21. The minimum atomic E-state index is -0.461. The number of halogens is 1. The van der Waals surface area contributed by atoms with Gasteiger partial charge in [-0.25, -0.2) is 9.78 Å². The quantitative estimate of drug-likeness (QED) is 0.536. The van der Waals surface area contributed by atoms with E-state index < -0.39 is 5.97 Å². The molecule has 0 bridgehead atoms. The van der Waals surface area contributed by atoms with Crippen molar-refractivity contribution in [2.75, 3.05) is 5.73 Å². The van der Waals surface area contributed by atoms with Gasteiger partial charge in [0.15, 0.2) is 0 Å². The normalized spacial score (nSPS) is 10.6. The van der Waals surface area contributed by atoms with Crippen LogP contribution in [0, 0.1) is 0 Å². The number of aromatic nitrogens is 3. The Labute approximate surface area is 138 Å². The number of rotatable bonds is 4. The number of nitrogen functional groups attached to an aromatic ring is 1. The van der Waals surface area contributed by atoms with Crippen molar-refractivity contribution in [2.45, 2.75) is 6.61 Å². The molecule has 3 heterocycles. The Bertz CT molecular complexity index is 801. The lowest BCUT2D eigenvalue weighted by molar-refractivity contribution is 0.0474. The number of carbonyl (C=O) groups is 1. The third kappa shape index (κ3) is 3.02. The molecule has 3 aromatic heterocycles. The van der Waals surface area contributed by atoms with Crippen LogP contribution in [-0.2, 0) is 11.3 Å². The van der Waals surface area contributed by atoms with Crippen LogP contribution in [0.5, 0.6) is 0 Å². The van der Waals surface area contributed by atoms with Crippen LogP contribution in [0.25, 0.3) is 11.3 Å². The van der Waals surface area contributed by atoms with E-state index in [4.69, 9.17) is 10.5 Å². The standard InChI is InChI=1S/C14H11BrN4O2S/c15-11-2-1-8(13(16)18-11)6-21-14(20)10-5-17-19-12(10)9-3-4-22-7-9/h1-5,7H,6H2,(H2,16,18)(H,17,19). The number of esters is 1. The maximum Gasteiger partial charge on any atom is 0.342 e. The molecule has 8 heteroatoms. The molecule has 6 nitrogen and oxygen atoms in total. The fraction of sp³-hybridized carbons (Fsp3) is 0.0714. The van der Waals surface area contributed by atoms with Crippen LogP contribution in [0.1, 0.15) is 15.9 Å². The molecular weight excluding hydrogens is 368 g/mol. The second-order valence-corrected chi connectivity index (χ2v) is 6.02. The Hall–Kier alpha value is -2.19. The first-order valence-corrected chi connectivity index (χ1v) is 8.02. The Balaban J connectivity index is 1.74. The molecule has 112 valence electrons. The third-order valence-electron chi connectivity index (χ3n) is 3.01. The van der Waals surface area contributed by atoms with Gasteiger partial charge in [0.1, 0.15) is 22.6 Å². The summed E-state index contributed by atoms with van der Waals surface area (Å²) in [5.41, 5.74) is 8.37. The molecule has 0 aliphatic heterocycles. The highest BCUT2D eigenvalue weighted by Crippen LogP contribution is 2.24. The summed E-state index contributed by atoms with van der Waals surface area (Å²) in [7, 11) is 0. The van der Waals surface area contributed by atoms with Crippen molar-refractivity contribution in [3.63, 3.8) is 0 Å². The predicted molar refractivity (Wildman–Crippen MR) is 87.4 cm³/mol. The SMILES string of the molecule is Nc1nc(Br)ccc1COC(=O)c1cn[nH]c1-c1ccsc1. The molecule has 0 amide bonds. The van der Waals surface area contributed by atoms with E-state index in [0.29, 0.717) is 27.2 Å². The smallest absolute Gasteiger partial charge is 0.342 e. The van der Waals surface area contributed by atoms with E-state index in [-0.39, 0.29) is 6.61 Å². The van der Waals surface area contributed by atoms with Crippen LogP contribution in [0.4, 0.5) is 5.82 Å². The number of hydrogen-bond donors (Lipinski definition) is 2. The van der Waals surface area contributed by atoms with Crippen LogP contribution in [0.3, 0.4) is 0 Å². The third-order valence-corrected chi connectivity index (χ3v) is 4.13. The number of thiophene rings is 1. The minimum absolute atomic E-state index is 0.0548. The lowest BCUT2D eigenvalue weighted by Gasteiger charge is -2.07. The van der Waals surface area contributed by atoms with Gasteiger partial charge in [0.25, 0.3) is 0 Å². The number of H-pyrrole nitrogens is 1. The fourth-order valence-electron chi connectivity index (χ4n) is 1.89. The van der Waals surface area contributed by atoms with Gasteiger partial charge in [-0.3, -0.25) is 5.10 Å². The summed E-state index contributed by atoms with van der Waals surface area (Å²) in [6.45, 7) is 0.0548. The van der Waals surface area contributed by atoms with E-state index in [1.54, 1.807) is 23.5 Å². The summed E-state index contributed by atoms with van der Waals surface area (Å²) in [5.74, 6) is -0.135. The average Bonchev–Trinajstić information content (AvgIpc) is 3.16. The molecule has 0 saturated heterocycles. The zero-order valence-corrected chi connectivity index (χ0v) is 13.6. The molecule has 0 saturated carbocycles. The lowest BCUT2D eigenvalue weighted by Crippen LogP contribution is -2.07. The topological polar surface area (TPSA) is 93.9 Å². The predicted octanol–water partition coefficient (Wildman–Crippen LogP) is 3.23. The summed E-state index contributed by atoms with van der Waals surface area (Å²) < 4.78 is 5.93. The summed E-state index contributed by atoms with van der Waals surface area (Å²) in [6.07, 6.45) is 1.46. The molecule has 0 aromatic carbocycles. The molecule has 22 heavy (non-hydrogen) atoms. The summed E-state index contributed by atoms with van der Waals surface area (Å²) in [6, 6.07) is 5.41. The number of pyridine rings is 1. The van der Waals surface area contributed by atoms with Crippen LogP contribution in [0.2, 0.25) is 0 Å². The van der Waals surface area contributed by atoms with Crippen molar-refractivity contribution in [3.8, 4) is 11.3 Å². The number of nitrogens with one attached hydrogen (secondary N) is 1. The van der Waals surface area contributed by atoms with E-state index in [1.165, 1.54) is 6.20 Å². The van der Waals surface area contributed by atoms with Gasteiger partial charge in [-0.2, -0.15) is 16.4 Å².